The van der Waals surface area contributed by atoms with Gasteiger partial charge in [0.25, 0.3) is 0 Å². The first-order valence-corrected chi connectivity index (χ1v) is 14.5. The molecule has 1 N–H and O–H groups in total. The van der Waals surface area contributed by atoms with Gasteiger partial charge in [-0.1, -0.05) is 19.4 Å². The molecule has 0 bridgehead atoms. The summed E-state index contributed by atoms with van der Waals surface area (Å²) in [5.41, 5.74) is 1.04. The Labute approximate surface area is 219 Å². The third-order valence-corrected chi connectivity index (χ3v) is 11.9. The van der Waals surface area contributed by atoms with E-state index in [0.717, 1.165) is 50.5 Å². The molecule has 6 aliphatic rings. The molecule has 5 aliphatic carbocycles. The van der Waals surface area contributed by atoms with E-state index in [1.54, 1.807) is 6.92 Å². The summed E-state index contributed by atoms with van der Waals surface area (Å²) in [6.07, 6.45) is 8.02. The maximum absolute atomic E-state index is 12.9. The normalized spacial score (nSPS) is 48.1. The zero-order chi connectivity index (χ0) is 26.3. The highest BCUT2D eigenvalue weighted by Gasteiger charge is 2.70. The van der Waals surface area contributed by atoms with Crippen molar-refractivity contribution in [3.63, 3.8) is 0 Å². The average Bonchev–Trinajstić information content (AvgIpc) is 3.33. The van der Waals surface area contributed by atoms with Gasteiger partial charge < -0.3 is 19.3 Å². The number of ether oxygens (including phenoxy) is 3. The fraction of sp³-hybridized carbons (Fsp3) is 0.833. The molecule has 1 heterocycles. The van der Waals surface area contributed by atoms with E-state index in [4.69, 9.17) is 14.2 Å². The molecule has 7 heteroatoms. The Morgan fingerprint density at radius 1 is 1.08 bits per heavy atom. The van der Waals surface area contributed by atoms with Gasteiger partial charge in [-0.25, -0.2) is 0 Å². The van der Waals surface area contributed by atoms with Gasteiger partial charge in [0, 0.05) is 12.3 Å². The number of hydrogen-bond acceptors (Lipinski definition) is 7. The van der Waals surface area contributed by atoms with Crippen molar-refractivity contribution < 1.29 is 33.7 Å². The second-order valence-electron chi connectivity index (χ2n) is 13.3. The van der Waals surface area contributed by atoms with Gasteiger partial charge in [-0.3, -0.25) is 14.4 Å². The Morgan fingerprint density at radius 3 is 2.59 bits per heavy atom. The first kappa shape index (κ1) is 25.4. The minimum absolute atomic E-state index is 0.0158. The molecule has 0 amide bonds. The molecule has 5 fully saturated rings. The predicted octanol–water partition coefficient (Wildman–Crippen LogP) is 4.35. The van der Waals surface area contributed by atoms with Crippen molar-refractivity contribution in [3.8, 4) is 0 Å². The fourth-order valence-corrected chi connectivity index (χ4v) is 10.4. The van der Waals surface area contributed by atoms with Crippen molar-refractivity contribution in [2.75, 3.05) is 13.2 Å². The van der Waals surface area contributed by atoms with Crippen LogP contribution in [0.3, 0.4) is 0 Å². The molecule has 4 saturated carbocycles. The fourth-order valence-electron chi connectivity index (χ4n) is 10.4. The van der Waals surface area contributed by atoms with Gasteiger partial charge in [-0.15, -0.1) is 0 Å². The standard InChI is InChI=1S/C30H42O7/c1-5-35-26(32)20-12-17-14-30(34)23-7-6-18-13-19(37-16(2)31)8-10-28(18,3)22(23)9-11-29(30,4)25(17)21-15-36-27(33)24(20)21/h17-20,22-24,34H,5-15H2,1-4H3. The first-order valence-electron chi connectivity index (χ1n) is 14.5. The molecule has 0 spiro atoms. The summed E-state index contributed by atoms with van der Waals surface area (Å²) in [4.78, 5) is 37.3. The zero-order valence-electron chi connectivity index (χ0n) is 22.7. The third-order valence-electron chi connectivity index (χ3n) is 11.9. The number of carbonyl (C=O) groups excluding carboxylic acids is 3. The topological polar surface area (TPSA) is 99.1 Å². The van der Waals surface area contributed by atoms with Gasteiger partial charge in [0.15, 0.2) is 0 Å². The summed E-state index contributed by atoms with van der Waals surface area (Å²) < 4.78 is 16.5. The summed E-state index contributed by atoms with van der Waals surface area (Å²) >= 11 is 0. The van der Waals surface area contributed by atoms with Crippen molar-refractivity contribution >= 4 is 17.9 Å². The summed E-state index contributed by atoms with van der Waals surface area (Å²) in [6.45, 7) is 8.46. The largest absolute Gasteiger partial charge is 0.466 e. The molecule has 10 unspecified atom stereocenters. The van der Waals surface area contributed by atoms with E-state index in [1.807, 2.05) is 0 Å². The van der Waals surface area contributed by atoms with Crippen LogP contribution in [0.1, 0.15) is 85.5 Å². The number of hydrogen-bond donors (Lipinski definition) is 1. The summed E-state index contributed by atoms with van der Waals surface area (Å²) in [5.74, 6) is -0.714. The molecule has 7 nitrogen and oxygen atoms in total. The second kappa shape index (κ2) is 8.56. The van der Waals surface area contributed by atoms with E-state index in [9.17, 15) is 19.5 Å². The minimum Gasteiger partial charge on any atom is -0.466 e. The number of fused-ring (bicyclic) bond motifs is 8. The van der Waals surface area contributed by atoms with Crippen molar-refractivity contribution in [2.45, 2.75) is 97.2 Å². The quantitative estimate of drug-likeness (QED) is 0.339. The monoisotopic (exact) mass is 514 g/mol. The van der Waals surface area contributed by atoms with Gasteiger partial charge in [-0.2, -0.15) is 0 Å². The summed E-state index contributed by atoms with van der Waals surface area (Å²) in [6, 6.07) is 0. The van der Waals surface area contributed by atoms with E-state index < -0.39 is 22.9 Å². The van der Waals surface area contributed by atoms with Crippen LogP contribution in [-0.2, 0) is 28.6 Å². The van der Waals surface area contributed by atoms with Crippen molar-refractivity contribution in [1.29, 1.82) is 0 Å². The Hall–Kier alpha value is -1.89. The predicted molar refractivity (Wildman–Crippen MR) is 134 cm³/mol. The lowest BCUT2D eigenvalue weighted by atomic mass is 9.43. The Bertz CT molecular complexity index is 1050. The van der Waals surface area contributed by atoms with Gasteiger partial charge >= 0.3 is 17.9 Å². The van der Waals surface area contributed by atoms with Crippen molar-refractivity contribution in [2.24, 2.45) is 46.3 Å². The highest BCUT2D eigenvalue weighted by atomic mass is 16.5. The van der Waals surface area contributed by atoms with Gasteiger partial charge in [0.1, 0.15) is 12.7 Å². The third kappa shape index (κ3) is 3.44. The van der Waals surface area contributed by atoms with E-state index in [0.29, 0.717) is 24.7 Å². The maximum Gasteiger partial charge on any atom is 0.314 e. The smallest absolute Gasteiger partial charge is 0.314 e. The molecule has 6 rings (SSSR count). The SMILES string of the molecule is CCOC(=O)C1CC2CC3(O)C4CCC5CC(OC(C)=O)CCC5(C)C4CCC3(C)C2=C2COC(=O)C21. The van der Waals surface area contributed by atoms with Crippen LogP contribution in [0.2, 0.25) is 0 Å². The Morgan fingerprint density at radius 2 is 1.86 bits per heavy atom. The molecular weight excluding hydrogens is 472 g/mol. The zero-order valence-corrected chi connectivity index (χ0v) is 22.7. The van der Waals surface area contributed by atoms with Crippen molar-refractivity contribution in [1.82, 2.24) is 0 Å². The molecule has 1 aliphatic heterocycles. The van der Waals surface area contributed by atoms with E-state index in [2.05, 4.69) is 13.8 Å². The molecule has 0 aromatic carbocycles. The van der Waals surface area contributed by atoms with Crippen LogP contribution in [-0.4, -0.2) is 47.9 Å². The number of esters is 3. The highest BCUT2D eigenvalue weighted by molar-refractivity contribution is 5.87. The van der Waals surface area contributed by atoms with Gasteiger partial charge in [0.05, 0.1) is 24.0 Å². The van der Waals surface area contributed by atoms with E-state index in [1.165, 1.54) is 12.5 Å². The number of carbonyl (C=O) groups is 3. The molecule has 0 radical (unpaired) electrons. The van der Waals surface area contributed by atoms with Crippen LogP contribution in [0.25, 0.3) is 0 Å². The van der Waals surface area contributed by atoms with Crippen LogP contribution >= 0.6 is 0 Å². The molecular formula is C30H42O7. The summed E-state index contributed by atoms with van der Waals surface area (Å²) in [5, 5.41) is 12.7. The van der Waals surface area contributed by atoms with Crippen LogP contribution in [0.5, 0.6) is 0 Å². The van der Waals surface area contributed by atoms with Gasteiger partial charge in [0.2, 0.25) is 0 Å². The maximum atomic E-state index is 12.9. The van der Waals surface area contributed by atoms with E-state index in [-0.39, 0.29) is 54.5 Å². The molecule has 10 atom stereocenters. The van der Waals surface area contributed by atoms with Gasteiger partial charge in [-0.05, 0) is 99.4 Å². The highest BCUT2D eigenvalue weighted by Crippen LogP contribution is 2.72. The van der Waals surface area contributed by atoms with Crippen LogP contribution in [0.4, 0.5) is 0 Å². The molecule has 0 aromatic rings. The lowest BCUT2D eigenvalue weighted by Crippen LogP contribution is -2.61. The molecule has 204 valence electrons. The van der Waals surface area contributed by atoms with Crippen molar-refractivity contribution in [3.05, 3.63) is 11.1 Å². The average molecular weight is 515 g/mol. The van der Waals surface area contributed by atoms with E-state index >= 15 is 0 Å². The number of cyclic esters (lactones) is 1. The van der Waals surface area contributed by atoms with Crippen LogP contribution in [0.15, 0.2) is 11.1 Å². The summed E-state index contributed by atoms with van der Waals surface area (Å²) in [7, 11) is 0. The second-order valence-corrected chi connectivity index (χ2v) is 13.3. The lowest BCUT2D eigenvalue weighted by Gasteiger charge is -2.63. The Balaban J connectivity index is 1.33. The molecule has 1 saturated heterocycles. The van der Waals surface area contributed by atoms with Crippen LogP contribution in [0, 0.1) is 46.3 Å². The van der Waals surface area contributed by atoms with Crippen LogP contribution < -0.4 is 0 Å². The molecule has 0 aromatic heterocycles. The first-order chi connectivity index (χ1) is 17.5. The Kier molecular flexibility index (Phi) is 5.87. The number of aliphatic hydroxyl groups is 1. The number of rotatable bonds is 3. The minimum atomic E-state index is -0.858. The molecule has 37 heavy (non-hydrogen) atoms. The lowest BCUT2D eigenvalue weighted by molar-refractivity contribution is -0.199.